The van der Waals surface area contributed by atoms with E-state index >= 15 is 0 Å². The summed E-state index contributed by atoms with van der Waals surface area (Å²) in [4.78, 5) is 0. The monoisotopic (exact) mass is 315 g/mol. The lowest BCUT2D eigenvalue weighted by Crippen LogP contribution is -2.25. The zero-order chi connectivity index (χ0) is 13.1. The van der Waals surface area contributed by atoms with Gasteiger partial charge in [-0.15, -0.1) is 0 Å². The molecule has 1 aliphatic carbocycles. The van der Waals surface area contributed by atoms with Gasteiger partial charge in [-0.3, -0.25) is 0 Å². The molecule has 18 heavy (non-hydrogen) atoms. The lowest BCUT2D eigenvalue weighted by Gasteiger charge is -2.18. The van der Waals surface area contributed by atoms with Crippen LogP contribution in [-0.4, -0.2) is 17.8 Å². The SMILES string of the molecule is CC(NCC1CCC(O)C1)c1ccc(Br)cc1F. The van der Waals surface area contributed by atoms with E-state index in [4.69, 9.17) is 0 Å². The Kier molecular flexibility index (Phi) is 4.76. The van der Waals surface area contributed by atoms with Crippen molar-refractivity contribution in [1.29, 1.82) is 0 Å². The molecule has 0 spiro atoms. The first-order valence-electron chi connectivity index (χ1n) is 6.42. The second-order valence-corrected chi connectivity index (χ2v) is 6.04. The fourth-order valence-electron chi connectivity index (χ4n) is 2.54. The zero-order valence-electron chi connectivity index (χ0n) is 10.5. The van der Waals surface area contributed by atoms with Crippen molar-refractivity contribution in [3.63, 3.8) is 0 Å². The smallest absolute Gasteiger partial charge is 0.129 e. The first kappa shape index (κ1) is 14.0. The van der Waals surface area contributed by atoms with Gasteiger partial charge in [0.1, 0.15) is 5.82 Å². The van der Waals surface area contributed by atoms with Crippen molar-refractivity contribution < 1.29 is 9.50 Å². The zero-order valence-corrected chi connectivity index (χ0v) is 12.1. The lowest BCUT2D eigenvalue weighted by molar-refractivity contribution is 0.177. The van der Waals surface area contributed by atoms with Crippen molar-refractivity contribution in [3.8, 4) is 0 Å². The number of hydrogen-bond donors (Lipinski definition) is 2. The van der Waals surface area contributed by atoms with Crippen LogP contribution in [0.3, 0.4) is 0 Å². The van der Waals surface area contributed by atoms with Gasteiger partial charge in [0.05, 0.1) is 6.10 Å². The Morgan fingerprint density at radius 2 is 2.28 bits per heavy atom. The maximum absolute atomic E-state index is 13.8. The molecule has 4 heteroatoms. The van der Waals surface area contributed by atoms with Gasteiger partial charge in [-0.05, 0) is 50.8 Å². The average Bonchev–Trinajstić information content (AvgIpc) is 2.72. The first-order chi connectivity index (χ1) is 8.56. The molecule has 1 saturated carbocycles. The van der Waals surface area contributed by atoms with Crippen molar-refractivity contribution in [2.45, 2.75) is 38.3 Å². The fourth-order valence-corrected chi connectivity index (χ4v) is 2.87. The molecule has 1 fully saturated rings. The Labute approximate surface area is 116 Å². The summed E-state index contributed by atoms with van der Waals surface area (Å²) in [5.74, 6) is 0.330. The molecule has 100 valence electrons. The van der Waals surface area contributed by atoms with Gasteiger partial charge in [0.25, 0.3) is 0 Å². The number of aliphatic hydroxyl groups is 1. The molecule has 1 aromatic rings. The summed E-state index contributed by atoms with van der Waals surface area (Å²) in [7, 11) is 0. The van der Waals surface area contributed by atoms with Crippen molar-refractivity contribution in [3.05, 3.63) is 34.1 Å². The minimum absolute atomic E-state index is 0.00385. The van der Waals surface area contributed by atoms with Crippen LogP contribution in [-0.2, 0) is 0 Å². The van der Waals surface area contributed by atoms with E-state index in [1.54, 1.807) is 6.07 Å². The summed E-state index contributed by atoms with van der Waals surface area (Å²) >= 11 is 3.26. The van der Waals surface area contributed by atoms with Crippen LogP contribution in [0.5, 0.6) is 0 Å². The van der Waals surface area contributed by atoms with E-state index in [0.29, 0.717) is 11.5 Å². The number of halogens is 2. The quantitative estimate of drug-likeness (QED) is 0.892. The van der Waals surface area contributed by atoms with Crippen LogP contribution < -0.4 is 5.32 Å². The van der Waals surface area contributed by atoms with Crippen molar-refractivity contribution in [2.75, 3.05) is 6.54 Å². The second kappa shape index (κ2) is 6.13. The van der Waals surface area contributed by atoms with Gasteiger partial charge in [0.2, 0.25) is 0 Å². The van der Waals surface area contributed by atoms with Gasteiger partial charge in [0, 0.05) is 16.1 Å². The molecule has 1 aliphatic rings. The summed E-state index contributed by atoms with van der Waals surface area (Å²) in [6.07, 6.45) is 2.68. The van der Waals surface area contributed by atoms with Crippen LogP contribution >= 0.6 is 15.9 Å². The highest BCUT2D eigenvalue weighted by Crippen LogP contribution is 2.26. The molecule has 0 amide bonds. The molecule has 0 bridgehead atoms. The third kappa shape index (κ3) is 3.53. The van der Waals surface area contributed by atoms with E-state index in [9.17, 15) is 9.50 Å². The molecule has 3 atom stereocenters. The third-order valence-electron chi connectivity index (χ3n) is 3.66. The molecule has 0 aromatic heterocycles. The minimum atomic E-state index is -0.184. The molecule has 0 saturated heterocycles. The number of nitrogens with one attached hydrogen (secondary N) is 1. The highest BCUT2D eigenvalue weighted by molar-refractivity contribution is 9.10. The number of aliphatic hydroxyl groups excluding tert-OH is 1. The van der Waals surface area contributed by atoms with E-state index in [1.807, 2.05) is 13.0 Å². The molecule has 2 nitrogen and oxygen atoms in total. The summed E-state index contributed by atoms with van der Waals surface area (Å²) in [5.41, 5.74) is 0.691. The van der Waals surface area contributed by atoms with E-state index in [0.717, 1.165) is 30.3 Å². The van der Waals surface area contributed by atoms with Crippen molar-refractivity contribution in [2.24, 2.45) is 5.92 Å². The Morgan fingerprint density at radius 3 is 2.89 bits per heavy atom. The van der Waals surface area contributed by atoms with Crippen LogP contribution in [0.2, 0.25) is 0 Å². The fraction of sp³-hybridized carbons (Fsp3) is 0.571. The summed E-state index contributed by atoms with van der Waals surface area (Å²) in [6, 6.07) is 5.15. The van der Waals surface area contributed by atoms with E-state index < -0.39 is 0 Å². The van der Waals surface area contributed by atoms with Gasteiger partial charge in [-0.1, -0.05) is 22.0 Å². The van der Waals surface area contributed by atoms with Gasteiger partial charge in [-0.25, -0.2) is 4.39 Å². The van der Waals surface area contributed by atoms with E-state index in [2.05, 4.69) is 21.2 Å². The van der Waals surface area contributed by atoms with Crippen molar-refractivity contribution in [1.82, 2.24) is 5.32 Å². The molecule has 1 aromatic carbocycles. The van der Waals surface area contributed by atoms with Crippen LogP contribution in [0.4, 0.5) is 4.39 Å². The van der Waals surface area contributed by atoms with Crippen LogP contribution in [0.25, 0.3) is 0 Å². The number of benzene rings is 1. The summed E-state index contributed by atoms with van der Waals surface area (Å²) in [6.45, 7) is 2.81. The third-order valence-corrected chi connectivity index (χ3v) is 4.15. The minimum Gasteiger partial charge on any atom is -0.393 e. The highest BCUT2D eigenvalue weighted by atomic mass is 79.9. The summed E-state index contributed by atoms with van der Waals surface area (Å²) < 4.78 is 14.5. The summed E-state index contributed by atoms with van der Waals surface area (Å²) in [5, 5.41) is 12.8. The predicted octanol–water partition coefficient (Wildman–Crippen LogP) is 3.40. The molecule has 2 N–H and O–H groups in total. The maximum Gasteiger partial charge on any atom is 0.129 e. The topological polar surface area (TPSA) is 32.3 Å². The Balaban J connectivity index is 1.89. The largest absolute Gasteiger partial charge is 0.393 e. The van der Waals surface area contributed by atoms with E-state index in [-0.39, 0.29) is 18.0 Å². The molecular formula is C14H19BrFNO. The molecular weight excluding hydrogens is 297 g/mol. The molecule has 0 radical (unpaired) electrons. The maximum atomic E-state index is 13.8. The van der Waals surface area contributed by atoms with Crippen LogP contribution in [0, 0.1) is 11.7 Å². The first-order valence-corrected chi connectivity index (χ1v) is 7.22. The number of rotatable bonds is 4. The van der Waals surface area contributed by atoms with Gasteiger partial charge < -0.3 is 10.4 Å². The normalized spacial score (nSPS) is 25.3. The molecule has 0 aliphatic heterocycles. The Morgan fingerprint density at radius 1 is 1.50 bits per heavy atom. The predicted molar refractivity (Wildman–Crippen MR) is 73.9 cm³/mol. The van der Waals surface area contributed by atoms with Crippen LogP contribution in [0.1, 0.15) is 37.8 Å². The van der Waals surface area contributed by atoms with E-state index in [1.165, 1.54) is 6.07 Å². The van der Waals surface area contributed by atoms with Gasteiger partial charge >= 0.3 is 0 Å². The Bertz CT molecular complexity index is 413. The van der Waals surface area contributed by atoms with Crippen LogP contribution in [0.15, 0.2) is 22.7 Å². The Hall–Kier alpha value is -0.450. The number of hydrogen-bond acceptors (Lipinski definition) is 2. The molecule has 0 heterocycles. The van der Waals surface area contributed by atoms with Gasteiger partial charge in [-0.2, -0.15) is 0 Å². The average molecular weight is 316 g/mol. The standard InChI is InChI=1S/C14H19BrFNO/c1-9(13-5-3-11(15)7-14(13)16)17-8-10-2-4-12(18)6-10/h3,5,7,9-10,12,17-18H,2,4,6,8H2,1H3. The van der Waals surface area contributed by atoms with Crippen molar-refractivity contribution >= 4 is 15.9 Å². The van der Waals surface area contributed by atoms with Gasteiger partial charge in [0.15, 0.2) is 0 Å². The molecule has 2 rings (SSSR count). The highest BCUT2D eigenvalue weighted by Gasteiger charge is 2.23. The lowest BCUT2D eigenvalue weighted by atomic mass is 10.1. The molecule has 3 unspecified atom stereocenters. The second-order valence-electron chi connectivity index (χ2n) is 5.13.